The van der Waals surface area contributed by atoms with Crippen molar-refractivity contribution < 1.29 is 0 Å². The van der Waals surface area contributed by atoms with Crippen LogP contribution in [-0.4, -0.2) is 19.5 Å². The lowest BCUT2D eigenvalue weighted by Gasteiger charge is -2.15. The summed E-state index contributed by atoms with van der Waals surface area (Å²) in [5.74, 6) is 2.82. The lowest BCUT2D eigenvalue weighted by Crippen LogP contribution is -2.08. The molecule has 0 spiro atoms. The van der Waals surface area contributed by atoms with Gasteiger partial charge in [-0.3, -0.25) is 0 Å². The number of nitrogens with zero attached hydrogens (tertiary/aromatic N) is 4. The number of fused-ring (bicyclic) bond motifs is 6. The van der Waals surface area contributed by atoms with Crippen molar-refractivity contribution in [2.45, 2.75) is 44.4 Å². The fourth-order valence-corrected chi connectivity index (χ4v) is 8.40. The van der Waals surface area contributed by atoms with E-state index in [0.717, 1.165) is 47.0 Å². The molecule has 218 valence electrons. The Bertz CT molecular complexity index is 2340. The van der Waals surface area contributed by atoms with Gasteiger partial charge in [-0.2, -0.15) is 0 Å². The van der Waals surface area contributed by atoms with Crippen LogP contribution in [-0.2, 0) is 0 Å². The van der Waals surface area contributed by atoms with Gasteiger partial charge in [0.1, 0.15) is 5.82 Å². The first-order valence-electron chi connectivity index (χ1n) is 16.1. The molecule has 0 aliphatic heterocycles. The molecule has 9 rings (SSSR count). The van der Waals surface area contributed by atoms with Gasteiger partial charge in [0.25, 0.3) is 0 Å². The molecule has 1 saturated carbocycles. The Labute approximate surface area is 266 Å². The molecule has 1 aliphatic rings. The lowest BCUT2D eigenvalue weighted by atomic mass is 9.99. The van der Waals surface area contributed by atoms with E-state index in [4.69, 9.17) is 15.0 Å². The molecule has 4 nitrogen and oxygen atoms in total. The number of hydrogen-bond acceptors (Lipinski definition) is 4. The Morgan fingerprint density at radius 1 is 0.533 bits per heavy atom. The van der Waals surface area contributed by atoms with Crippen molar-refractivity contribution >= 4 is 53.3 Å². The maximum Gasteiger partial charge on any atom is 0.163 e. The monoisotopic (exact) mass is 600 g/mol. The molecule has 0 radical (unpaired) electrons. The summed E-state index contributed by atoms with van der Waals surface area (Å²) < 4.78 is 5.06. The summed E-state index contributed by atoms with van der Waals surface area (Å²) >= 11 is 1.86. The summed E-state index contributed by atoms with van der Waals surface area (Å²) in [7, 11) is 0. The quantitative estimate of drug-likeness (QED) is 0.189. The third-order valence-electron chi connectivity index (χ3n) is 9.46. The van der Waals surface area contributed by atoms with Crippen LogP contribution in [0.3, 0.4) is 0 Å². The molecule has 45 heavy (non-hydrogen) atoms. The number of rotatable bonds is 4. The molecule has 0 unspecified atom stereocenters. The van der Waals surface area contributed by atoms with E-state index in [9.17, 15) is 0 Å². The molecule has 5 heteroatoms. The largest absolute Gasteiger partial charge is 0.309 e. The zero-order valence-electron chi connectivity index (χ0n) is 25.0. The molecule has 0 atom stereocenters. The minimum absolute atomic E-state index is 0.372. The molecule has 3 heterocycles. The molecule has 3 aromatic heterocycles. The van der Waals surface area contributed by atoms with Crippen LogP contribution in [0.2, 0.25) is 0 Å². The molecular formula is C40H32N4S. The van der Waals surface area contributed by atoms with Gasteiger partial charge < -0.3 is 4.57 Å². The number of hydrogen-bond donors (Lipinski definition) is 0. The minimum Gasteiger partial charge on any atom is -0.309 e. The van der Waals surface area contributed by atoms with Crippen molar-refractivity contribution in [2.75, 3.05) is 0 Å². The summed E-state index contributed by atoms with van der Waals surface area (Å²) in [6, 6.07) is 41.3. The predicted octanol–water partition coefficient (Wildman–Crippen LogP) is 11.1. The second kappa shape index (κ2) is 10.9. The third-order valence-corrected chi connectivity index (χ3v) is 10.6. The molecule has 0 saturated heterocycles. The van der Waals surface area contributed by atoms with Crippen LogP contribution in [0.5, 0.6) is 0 Å². The van der Waals surface area contributed by atoms with E-state index in [1.54, 1.807) is 0 Å². The van der Waals surface area contributed by atoms with Crippen LogP contribution in [0.15, 0.2) is 115 Å². The van der Waals surface area contributed by atoms with Crippen LogP contribution in [0.25, 0.3) is 70.4 Å². The van der Waals surface area contributed by atoms with E-state index in [-0.39, 0.29) is 0 Å². The van der Waals surface area contributed by atoms with E-state index in [2.05, 4.69) is 114 Å². The van der Waals surface area contributed by atoms with E-state index in [1.807, 2.05) is 17.4 Å². The Hall–Kier alpha value is -4.87. The maximum absolute atomic E-state index is 5.21. The molecule has 5 aromatic carbocycles. The van der Waals surface area contributed by atoms with E-state index in [0.29, 0.717) is 5.92 Å². The highest BCUT2D eigenvalue weighted by atomic mass is 32.1. The third kappa shape index (κ3) is 4.53. The van der Waals surface area contributed by atoms with Gasteiger partial charge in [-0.1, -0.05) is 111 Å². The van der Waals surface area contributed by atoms with Crippen LogP contribution < -0.4 is 0 Å². The zero-order valence-corrected chi connectivity index (χ0v) is 25.8. The van der Waals surface area contributed by atoms with Gasteiger partial charge in [0.05, 0.1) is 16.7 Å². The summed E-state index contributed by atoms with van der Waals surface area (Å²) in [4.78, 5) is 15.4. The highest BCUT2D eigenvalue weighted by Gasteiger charge is 2.22. The Kier molecular flexibility index (Phi) is 6.45. The SMILES string of the molecule is c1ccc(-c2nc(-c3ccc4c5ccccc5n(-c5cccc6sc7ccccc7c56)c4c3)nc(C3CCCCCC3)n2)cc1. The van der Waals surface area contributed by atoms with Gasteiger partial charge in [0, 0.05) is 48.0 Å². The minimum atomic E-state index is 0.372. The predicted molar refractivity (Wildman–Crippen MR) is 188 cm³/mol. The second-order valence-corrected chi connectivity index (χ2v) is 13.3. The number of aromatic nitrogens is 4. The Balaban J connectivity index is 1.29. The van der Waals surface area contributed by atoms with Crippen molar-refractivity contribution in [3.05, 3.63) is 121 Å². The topological polar surface area (TPSA) is 43.6 Å². The second-order valence-electron chi connectivity index (χ2n) is 12.2. The lowest BCUT2D eigenvalue weighted by molar-refractivity contribution is 0.559. The normalized spacial score (nSPS) is 14.5. The van der Waals surface area contributed by atoms with Crippen molar-refractivity contribution in [2.24, 2.45) is 0 Å². The maximum atomic E-state index is 5.21. The molecular weight excluding hydrogens is 569 g/mol. The van der Waals surface area contributed by atoms with Crippen molar-refractivity contribution in [1.29, 1.82) is 0 Å². The molecule has 1 aliphatic carbocycles. The number of thiophene rings is 1. The first-order valence-corrected chi connectivity index (χ1v) is 16.9. The summed E-state index contributed by atoms with van der Waals surface area (Å²) in [5, 5.41) is 5.07. The molecule has 0 amide bonds. The van der Waals surface area contributed by atoms with Gasteiger partial charge in [0.2, 0.25) is 0 Å². The first-order chi connectivity index (χ1) is 22.3. The van der Waals surface area contributed by atoms with Gasteiger partial charge in [-0.15, -0.1) is 11.3 Å². The van der Waals surface area contributed by atoms with Crippen LogP contribution in [0, 0.1) is 0 Å². The average Bonchev–Trinajstić information content (AvgIpc) is 3.50. The van der Waals surface area contributed by atoms with Crippen LogP contribution >= 0.6 is 11.3 Å². The first kappa shape index (κ1) is 26.5. The fraction of sp³-hybridized carbons (Fsp3) is 0.175. The van der Waals surface area contributed by atoms with Gasteiger partial charge in [0.15, 0.2) is 11.6 Å². The molecule has 8 aromatic rings. The van der Waals surface area contributed by atoms with Gasteiger partial charge in [-0.05, 0) is 43.2 Å². The Morgan fingerprint density at radius 3 is 2.07 bits per heavy atom. The average molecular weight is 601 g/mol. The van der Waals surface area contributed by atoms with E-state index >= 15 is 0 Å². The fourth-order valence-electron chi connectivity index (χ4n) is 7.27. The van der Waals surface area contributed by atoms with Crippen molar-refractivity contribution in [3.8, 4) is 28.5 Å². The smallest absolute Gasteiger partial charge is 0.163 e. The van der Waals surface area contributed by atoms with Crippen LogP contribution in [0.4, 0.5) is 0 Å². The van der Waals surface area contributed by atoms with Crippen molar-refractivity contribution in [1.82, 2.24) is 19.5 Å². The molecule has 1 fully saturated rings. The van der Waals surface area contributed by atoms with E-state index in [1.165, 1.54) is 67.8 Å². The zero-order chi connectivity index (χ0) is 29.7. The number of para-hydroxylation sites is 1. The van der Waals surface area contributed by atoms with Gasteiger partial charge >= 0.3 is 0 Å². The molecule has 0 N–H and O–H groups in total. The number of benzene rings is 5. The summed E-state index contributed by atoms with van der Waals surface area (Å²) in [5.41, 5.74) is 5.61. The highest BCUT2D eigenvalue weighted by Crippen LogP contribution is 2.41. The highest BCUT2D eigenvalue weighted by molar-refractivity contribution is 7.25. The van der Waals surface area contributed by atoms with E-state index < -0.39 is 0 Å². The molecule has 0 bridgehead atoms. The Morgan fingerprint density at radius 2 is 1.22 bits per heavy atom. The van der Waals surface area contributed by atoms with Gasteiger partial charge in [-0.25, -0.2) is 15.0 Å². The standard InChI is InChI=1S/C40H32N4S/c1-2-5-14-26(13-4-1)38-41-39(27-15-6-3-7-16-27)43-40(42-38)28-23-24-30-29-17-8-10-19-32(29)44(34(30)25-28)33-20-12-22-36-37(33)31-18-9-11-21-35(31)45-36/h3,6-12,15-26H,1-2,4-5,13-14H2. The van der Waals surface area contributed by atoms with Crippen molar-refractivity contribution in [3.63, 3.8) is 0 Å². The summed E-state index contributed by atoms with van der Waals surface area (Å²) in [6.45, 7) is 0. The summed E-state index contributed by atoms with van der Waals surface area (Å²) in [6.07, 6.45) is 7.36. The van der Waals surface area contributed by atoms with Crippen LogP contribution in [0.1, 0.15) is 50.3 Å².